The number of hydrogen-bond donors (Lipinski definition) is 2. The van der Waals surface area contributed by atoms with Crippen molar-refractivity contribution in [3.8, 4) is 5.75 Å². The van der Waals surface area contributed by atoms with Crippen molar-refractivity contribution in [3.63, 3.8) is 0 Å². The summed E-state index contributed by atoms with van der Waals surface area (Å²) in [5.74, 6) is -0.578. The Morgan fingerprint density at radius 1 is 1.39 bits per heavy atom. The number of H-pyrrole nitrogens is 1. The van der Waals surface area contributed by atoms with Gasteiger partial charge in [0.1, 0.15) is 11.3 Å². The van der Waals surface area contributed by atoms with Gasteiger partial charge in [-0.1, -0.05) is 6.92 Å². The van der Waals surface area contributed by atoms with Crippen LogP contribution in [0.15, 0.2) is 29.1 Å². The number of carboxylic acids is 1. The number of hydrogen-bond acceptors (Lipinski definition) is 3. The zero-order valence-corrected chi connectivity index (χ0v) is 9.90. The van der Waals surface area contributed by atoms with Gasteiger partial charge in [0, 0.05) is 10.9 Å². The number of carbonyl (C=O) groups is 1. The Balaban J connectivity index is 2.51. The third-order valence-corrected chi connectivity index (χ3v) is 2.52. The molecule has 1 aromatic carbocycles. The van der Waals surface area contributed by atoms with Crippen molar-refractivity contribution in [2.24, 2.45) is 0 Å². The van der Waals surface area contributed by atoms with E-state index in [1.165, 1.54) is 6.07 Å². The molecule has 0 spiro atoms. The van der Waals surface area contributed by atoms with Gasteiger partial charge < -0.3 is 14.8 Å². The fourth-order valence-electron chi connectivity index (χ4n) is 1.65. The van der Waals surface area contributed by atoms with Crippen molar-refractivity contribution in [2.75, 3.05) is 6.61 Å². The Labute approximate surface area is 103 Å². The lowest BCUT2D eigenvalue weighted by molar-refractivity contribution is 0.0695. The Kier molecular flexibility index (Phi) is 3.32. The average Bonchev–Trinajstić information content (AvgIpc) is 2.35. The van der Waals surface area contributed by atoms with Crippen LogP contribution in [-0.2, 0) is 0 Å². The molecule has 0 amide bonds. The van der Waals surface area contributed by atoms with Crippen LogP contribution in [0.5, 0.6) is 5.75 Å². The molecule has 0 bridgehead atoms. The van der Waals surface area contributed by atoms with Crippen LogP contribution < -0.4 is 10.3 Å². The largest absolute Gasteiger partial charge is 0.494 e. The second-order valence-corrected chi connectivity index (χ2v) is 3.91. The molecule has 0 aliphatic rings. The molecule has 5 heteroatoms. The summed E-state index contributed by atoms with van der Waals surface area (Å²) in [6.45, 7) is 2.60. The molecule has 5 nitrogen and oxygen atoms in total. The average molecular weight is 247 g/mol. The fraction of sp³-hybridized carbons (Fsp3) is 0.231. The second-order valence-electron chi connectivity index (χ2n) is 3.91. The van der Waals surface area contributed by atoms with E-state index in [-0.39, 0.29) is 5.56 Å². The van der Waals surface area contributed by atoms with E-state index in [1.54, 1.807) is 18.2 Å². The molecule has 0 saturated carbocycles. The summed E-state index contributed by atoms with van der Waals surface area (Å²) < 4.78 is 5.45. The molecule has 18 heavy (non-hydrogen) atoms. The lowest BCUT2D eigenvalue weighted by atomic mass is 10.1. The highest BCUT2D eigenvalue weighted by Crippen LogP contribution is 2.19. The maximum absolute atomic E-state index is 11.5. The van der Waals surface area contributed by atoms with E-state index >= 15 is 0 Å². The van der Waals surface area contributed by atoms with E-state index in [2.05, 4.69) is 4.98 Å². The van der Waals surface area contributed by atoms with E-state index < -0.39 is 11.5 Å². The van der Waals surface area contributed by atoms with Gasteiger partial charge in [-0.2, -0.15) is 0 Å². The molecular weight excluding hydrogens is 234 g/mol. The van der Waals surface area contributed by atoms with E-state index in [0.29, 0.717) is 23.3 Å². The highest BCUT2D eigenvalue weighted by molar-refractivity contribution is 5.92. The van der Waals surface area contributed by atoms with E-state index in [1.807, 2.05) is 6.92 Å². The number of pyridine rings is 1. The van der Waals surface area contributed by atoms with Gasteiger partial charge in [0.25, 0.3) is 5.56 Å². The van der Waals surface area contributed by atoms with Gasteiger partial charge in [0.15, 0.2) is 0 Å². The lowest BCUT2D eigenvalue weighted by Gasteiger charge is -2.06. The first-order valence-corrected chi connectivity index (χ1v) is 5.65. The van der Waals surface area contributed by atoms with Crippen LogP contribution in [0.3, 0.4) is 0 Å². The molecular formula is C13H13NO4. The number of ether oxygens (including phenoxy) is 1. The smallest absolute Gasteiger partial charge is 0.341 e. The summed E-state index contributed by atoms with van der Waals surface area (Å²) in [6.07, 6.45) is 0.893. The normalized spacial score (nSPS) is 10.5. The summed E-state index contributed by atoms with van der Waals surface area (Å²) in [7, 11) is 0. The van der Waals surface area contributed by atoms with Crippen LogP contribution in [-0.4, -0.2) is 22.7 Å². The SMILES string of the molecule is CCCOc1ccc2[nH]c(=O)c(C(=O)O)cc2c1. The van der Waals surface area contributed by atoms with Crippen molar-refractivity contribution >= 4 is 16.9 Å². The first kappa shape index (κ1) is 12.2. The third-order valence-electron chi connectivity index (χ3n) is 2.52. The van der Waals surface area contributed by atoms with Gasteiger partial charge in [-0.05, 0) is 30.7 Å². The Bertz CT molecular complexity index is 645. The molecule has 0 atom stereocenters. The van der Waals surface area contributed by atoms with Crippen LogP contribution in [0.25, 0.3) is 10.9 Å². The van der Waals surface area contributed by atoms with Gasteiger partial charge in [0.05, 0.1) is 6.61 Å². The second kappa shape index (κ2) is 4.91. The van der Waals surface area contributed by atoms with Crippen molar-refractivity contribution in [3.05, 3.63) is 40.2 Å². The molecule has 0 aliphatic carbocycles. The summed E-state index contributed by atoms with van der Waals surface area (Å²) >= 11 is 0. The van der Waals surface area contributed by atoms with Crippen molar-refractivity contribution in [1.29, 1.82) is 0 Å². The van der Waals surface area contributed by atoms with Gasteiger partial charge >= 0.3 is 5.97 Å². The van der Waals surface area contributed by atoms with E-state index in [9.17, 15) is 9.59 Å². The number of rotatable bonds is 4. The summed E-state index contributed by atoms with van der Waals surface area (Å²) in [6, 6.07) is 6.52. The molecule has 0 saturated heterocycles. The highest BCUT2D eigenvalue weighted by Gasteiger charge is 2.10. The minimum atomic E-state index is -1.24. The monoisotopic (exact) mass is 247 g/mol. The molecule has 0 aliphatic heterocycles. The Hall–Kier alpha value is -2.30. The number of aromatic amines is 1. The lowest BCUT2D eigenvalue weighted by Crippen LogP contribution is -2.16. The number of aromatic nitrogens is 1. The molecule has 2 N–H and O–H groups in total. The predicted molar refractivity (Wildman–Crippen MR) is 67.3 cm³/mol. The third kappa shape index (κ3) is 2.34. The van der Waals surface area contributed by atoms with Gasteiger partial charge in [-0.3, -0.25) is 4.79 Å². The van der Waals surface area contributed by atoms with Gasteiger partial charge in [0.2, 0.25) is 0 Å². The Morgan fingerprint density at radius 2 is 2.17 bits per heavy atom. The topological polar surface area (TPSA) is 79.4 Å². The van der Waals surface area contributed by atoms with Crippen LogP contribution in [0, 0.1) is 0 Å². The maximum Gasteiger partial charge on any atom is 0.341 e. The van der Waals surface area contributed by atoms with Crippen LogP contribution in [0.4, 0.5) is 0 Å². The molecule has 94 valence electrons. The van der Waals surface area contributed by atoms with Crippen molar-refractivity contribution in [2.45, 2.75) is 13.3 Å². The van der Waals surface area contributed by atoms with Gasteiger partial charge in [-0.25, -0.2) is 4.79 Å². The maximum atomic E-state index is 11.5. The minimum Gasteiger partial charge on any atom is -0.494 e. The van der Waals surface area contributed by atoms with Crippen LogP contribution in [0.1, 0.15) is 23.7 Å². The van der Waals surface area contributed by atoms with Crippen LogP contribution in [0.2, 0.25) is 0 Å². The zero-order chi connectivity index (χ0) is 13.1. The first-order chi connectivity index (χ1) is 8.61. The molecule has 2 rings (SSSR count). The molecule has 0 fully saturated rings. The van der Waals surface area contributed by atoms with Crippen molar-refractivity contribution < 1.29 is 14.6 Å². The standard InChI is InChI=1S/C13H13NO4/c1-2-5-18-9-3-4-11-8(6-9)7-10(13(16)17)12(15)14-11/h3-4,6-7H,2,5H2,1H3,(H,14,15)(H,16,17). The molecule has 1 aromatic heterocycles. The fourth-order valence-corrected chi connectivity index (χ4v) is 1.65. The van der Waals surface area contributed by atoms with Crippen LogP contribution >= 0.6 is 0 Å². The minimum absolute atomic E-state index is 0.268. The number of fused-ring (bicyclic) bond motifs is 1. The molecule has 0 unspecified atom stereocenters. The quantitative estimate of drug-likeness (QED) is 0.866. The summed E-state index contributed by atoms with van der Waals surface area (Å²) in [5, 5.41) is 9.52. The number of aromatic carboxylic acids is 1. The molecule has 0 radical (unpaired) electrons. The zero-order valence-electron chi connectivity index (χ0n) is 9.90. The van der Waals surface area contributed by atoms with Gasteiger partial charge in [-0.15, -0.1) is 0 Å². The molecule has 2 aromatic rings. The first-order valence-electron chi connectivity index (χ1n) is 5.65. The predicted octanol–water partition coefficient (Wildman–Crippen LogP) is 2.02. The van der Waals surface area contributed by atoms with E-state index in [4.69, 9.17) is 9.84 Å². The van der Waals surface area contributed by atoms with E-state index in [0.717, 1.165) is 6.42 Å². The summed E-state index contributed by atoms with van der Waals surface area (Å²) in [4.78, 5) is 24.9. The number of benzene rings is 1. The highest BCUT2D eigenvalue weighted by atomic mass is 16.5. The number of nitrogens with one attached hydrogen (secondary N) is 1. The van der Waals surface area contributed by atoms with Crippen molar-refractivity contribution in [1.82, 2.24) is 4.98 Å². The Morgan fingerprint density at radius 3 is 2.83 bits per heavy atom. The number of carboxylic acid groups (broad SMARTS) is 1. The molecule has 1 heterocycles. The summed E-state index contributed by atoms with van der Waals surface area (Å²) in [5.41, 5.74) is -0.277.